The Balaban J connectivity index is 1.55. The number of carbonyl (C=O) groups is 1. The Kier molecular flexibility index (Phi) is 5.36. The van der Waals surface area contributed by atoms with Crippen LogP contribution in [-0.4, -0.2) is 33.5 Å². The van der Waals surface area contributed by atoms with Crippen molar-refractivity contribution in [2.24, 2.45) is 46.3 Å². The Morgan fingerprint density at radius 2 is 1.68 bits per heavy atom. The van der Waals surface area contributed by atoms with Crippen molar-refractivity contribution in [3.63, 3.8) is 0 Å². The largest absolute Gasteiger partial charge is 0.481 e. The van der Waals surface area contributed by atoms with Crippen LogP contribution in [0.5, 0.6) is 0 Å². The molecule has 160 valence electrons. The molecular formula is C24H40O4. The second kappa shape index (κ2) is 7.27. The lowest BCUT2D eigenvalue weighted by Gasteiger charge is -2.62. The van der Waals surface area contributed by atoms with Gasteiger partial charge in [-0.1, -0.05) is 20.8 Å². The highest BCUT2D eigenvalue weighted by molar-refractivity contribution is 5.66. The van der Waals surface area contributed by atoms with Crippen molar-refractivity contribution in [2.45, 2.75) is 97.2 Å². The molecule has 0 amide bonds. The van der Waals surface area contributed by atoms with Crippen molar-refractivity contribution < 1.29 is 20.1 Å². The van der Waals surface area contributed by atoms with Crippen molar-refractivity contribution >= 4 is 5.97 Å². The number of carboxylic acid groups (broad SMARTS) is 1. The molecule has 4 rings (SSSR count). The zero-order chi connectivity index (χ0) is 20.3. The molecule has 3 N–H and O–H groups in total. The van der Waals surface area contributed by atoms with Gasteiger partial charge in [-0.2, -0.15) is 0 Å². The van der Waals surface area contributed by atoms with Crippen molar-refractivity contribution in [3.8, 4) is 0 Å². The van der Waals surface area contributed by atoms with Gasteiger partial charge >= 0.3 is 5.97 Å². The molecule has 0 saturated heterocycles. The summed E-state index contributed by atoms with van der Waals surface area (Å²) in [6, 6.07) is 0. The molecule has 10 atom stereocenters. The van der Waals surface area contributed by atoms with Crippen LogP contribution in [0.15, 0.2) is 0 Å². The molecule has 4 fully saturated rings. The van der Waals surface area contributed by atoms with E-state index in [-0.39, 0.29) is 29.5 Å². The molecule has 0 radical (unpaired) electrons. The molecule has 5 unspecified atom stereocenters. The highest BCUT2D eigenvalue weighted by atomic mass is 16.4. The molecular weight excluding hydrogens is 352 g/mol. The molecule has 0 aromatic rings. The van der Waals surface area contributed by atoms with Gasteiger partial charge in [0.25, 0.3) is 0 Å². The maximum absolute atomic E-state index is 11.2. The van der Waals surface area contributed by atoms with E-state index in [2.05, 4.69) is 20.8 Å². The molecule has 0 aliphatic heterocycles. The van der Waals surface area contributed by atoms with Crippen LogP contribution in [0.25, 0.3) is 0 Å². The van der Waals surface area contributed by atoms with Crippen LogP contribution in [-0.2, 0) is 4.79 Å². The summed E-state index contributed by atoms with van der Waals surface area (Å²) in [6.45, 7) is 7.16. The number of hydrogen-bond acceptors (Lipinski definition) is 3. The Morgan fingerprint density at radius 1 is 1.00 bits per heavy atom. The van der Waals surface area contributed by atoms with Crippen molar-refractivity contribution in [2.75, 3.05) is 0 Å². The molecule has 4 nitrogen and oxygen atoms in total. The van der Waals surface area contributed by atoms with Gasteiger partial charge in [0.05, 0.1) is 12.2 Å². The summed E-state index contributed by atoms with van der Waals surface area (Å²) in [5.74, 6) is 2.36. The third-order valence-electron chi connectivity index (χ3n) is 10.2. The van der Waals surface area contributed by atoms with Gasteiger partial charge in [0.1, 0.15) is 0 Å². The van der Waals surface area contributed by atoms with Crippen LogP contribution in [0.1, 0.15) is 85.0 Å². The second-order valence-corrected chi connectivity index (χ2v) is 11.4. The summed E-state index contributed by atoms with van der Waals surface area (Å²) >= 11 is 0. The first-order valence-corrected chi connectivity index (χ1v) is 11.7. The number of carboxylic acids is 1. The Bertz CT molecular complexity index is 605. The number of fused-ring (bicyclic) bond motifs is 5. The monoisotopic (exact) mass is 392 g/mol. The average Bonchev–Trinajstić information content (AvgIpc) is 2.98. The number of aliphatic hydroxyl groups excluding tert-OH is 2. The predicted octanol–water partition coefficient (Wildman–Crippen LogP) is 4.48. The lowest BCUT2D eigenvalue weighted by atomic mass is 9.43. The normalized spacial score (nSPS) is 51.7. The quantitative estimate of drug-likeness (QED) is 0.659. The molecule has 4 saturated carbocycles. The van der Waals surface area contributed by atoms with Gasteiger partial charge in [-0.25, -0.2) is 0 Å². The zero-order valence-corrected chi connectivity index (χ0v) is 17.9. The summed E-state index contributed by atoms with van der Waals surface area (Å²) in [7, 11) is 0. The molecule has 28 heavy (non-hydrogen) atoms. The summed E-state index contributed by atoms with van der Waals surface area (Å²) in [5, 5.41) is 30.5. The minimum atomic E-state index is -0.684. The second-order valence-electron chi connectivity index (χ2n) is 11.4. The summed E-state index contributed by atoms with van der Waals surface area (Å²) in [4.78, 5) is 11.1. The van der Waals surface area contributed by atoms with E-state index in [4.69, 9.17) is 5.11 Å². The van der Waals surface area contributed by atoms with E-state index in [1.165, 1.54) is 25.7 Å². The highest BCUT2D eigenvalue weighted by Gasteiger charge is 2.62. The number of rotatable bonds is 4. The van der Waals surface area contributed by atoms with Gasteiger partial charge in [0.2, 0.25) is 0 Å². The van der Waals surface area contributed by atoms with E-state index in [0.29, 0.717) is 35.5 Å². The van der Waals surface area contributed by atoms with E-state index in [9.17, 15) is 15.0 Å². The van der Waals surface area contributed by atoms with E-state index < -0.39 is 5.97 Å². The highest BCUT2D eigenvalue weighted by Crippen LogP contribution is 2.68. The van der Waals surface area contributed by atoms with Crippen LogP contribution in [0.2, 0.25) is 0 Å². The predicted molar refractivity (Wildman–Crippen MR) is 109 cm³/mol. The van der Waals surface area contributed by atoms with Crippen LogP contribution < -0.4 is 0 Å². The van der Waals surface area contributed by atoms with Gasteiger partial charge in [-0.05, 0) is 104 Å². The number of aliphatic hydroxyl groups is 2. The zero-order valence-electron chi connectivity index (χ0n) is 17.9. The van der Waals surface area contributed by atoms with E-state index in [0.717, 1.165) is 32.1 Å². The first-order chi connectivity index (χ1) is 13.2. The van der Waals surface area contributed by atoms with Gasteiger partial charge < -0.3 is 15.3 Å². The van der Waals surface area contributed by atoms with Crippen molar-refractivity contribution in [1.29, 1.82) is 0 Å². The van der Waals surface area contributed by atoms with Crippen LogP contribution >= 0.6 is 0 Å². The van der Waals surface area contributed by atoms with Gasteiger partial charge in [0, 0.05) is 6.42 Å². The topological polar surface area (TPSA) is 77.8 Å². The minimum Gasteiger partial charge on any atom is -0.481 e. The van der Waals surface area contributed by atoms with Gasteiger partial charge in [-0.3, -0.25) is 4.79 Å². The Morgan fingerprint density at radius 3 is 2.39 bits per heavy atom. The van der Waals surface area contributed by atoms with Gasteiger partial charge in [-0.15, -0.1) is 0 Å². The lowest BCUT2D eigenvalue weighted by molar-refractivity contribution is -0.174. The van der Waals surface area contributed by atoms with Crippen LogP contribution in [0.3, 0.4) is 0 Å². The minimum absolute atomic E-state index is 0.179. The Hall–Kier alpha value is -0.610. The first-order valence-electron chi connectivity index (χ1n) is 11.7. The maximum Gasteiger partial charge on any atom is 0.303 e. The number of aliphatic carboxylic acids is 1. The fourth-order valence-electron chi connectivity index (χ4n) is 8.73. The van der Waals surface area contributed by atoms with Crippen molar-refractivity contribution in [3.05, 3.63) is 0 Å². The van der Waals surface area contributed by atoms with E-state index >= 15 is 0 Å². The standard InChI is InChI=1S/C24H40O4/c1-14(4-7-21(27)28)17-5-6-18-22-19(9-11-24(17,18)3)23(2)10-8-16(25)12-15(23)13-20(22)26/h14-20,22,25-26H,4-13H2,1-3H3,(H,27,28)/t14-,15?,16-,17-,18?,19?,20-,22?,23+,24?/m1/s1. The van der Waals surface area contributed by atoms with Gasteiger partial charge in [0.15, 0.2) is 0 Å². The first kappa shape index (κ1) is 20.7. The number of hydrogen-bond donors (Lipinski definition) is 3. The molecule has 4 aliphatic carbocycles. The molecule has 4 aliphatic rings. The van der Waals surface area contributed by atoms with E-state index in [1.54, 1.807) is 0 Å². The van der Waals surface area contributed by atoms with Crippen LogP contribution in [0, 0.1) is 46.3 Å². The molecule has 0 bridgehead atoms. The summed E-state index contributed by atoms with van der Waals surface area (Å²) in [5.41, 5.74) is 0.523. The molecule has 0 aromatic heterocycles. The third-order valence-corrected chi connectivity index (χ3v) is 10.2. The molecule has 0 aromatic carbocycles. The summed E-state index contributed by atoms with van der Waals surface area (Å²) in [6.07, 6.45) is 9.19. The fraction of sp³-hybridized carbons (Fsp3) is 0.958. The van der Waals surface area contributed by atoms with E-state index in [1.807, 2.05) is 0 Å². The molecule has 0 heterocycles. The average molecular weight is 393 g/mol. The SMILES string of the molecule is C[C@H](CCC(=O)O)[C@H]1CCC2C3C(CCC21C)[C@@]1(C)CC[C@@H](O)CC1C[C@H]3O. The Labute approximate surface area is 170 Å². The van der Waals surface area contributed by atoms with Crippen molar-refractivity contribution in [1.82, 2.24) is 0 Å². The fourth-order valence-corrected chi connectivity index (χ4v) is 8.73. The molecule has 0 spiro atoms. The summed E-state index contributed by atoms with van der Waals surface area (Å²) < 4.78 is 0. The smallest absolute Gasteiger partial charge is 0.303 e. The third kappa shape index (κ3) is 3.14. The molecule has 4 heteroatoms. The lowest BCUT2D eigenvalue weighted by Crippen LogP contribution is -2.58. The maximum atomic E-state index is 11.2. The van der Waals surface area contributed by atoms with Crippen LogP contribution in [0.4, 0.5) is 0 Å².